The third kappa shape index (κ3) is 18.9. The standard InChI is InChI=1S/C6H10O.C2H6/c1-4-7-5-6(2)3;1-2/h4H,1-2,5H2,3H3;1-2H3. The Morgan fingerprint density at radius 3 is 2.11 bits per heavy atom. The van der Waals surface area contributed by atoms with Crippen LogP contribution in [-0.4, -0.2) is 6.61 Å². The summed E-state index contributed by atoms with van der Waals surface area (Å²) in [5.41, 5.74) is 1.01. The highest BCUT2D eigenvalue weighted by atomic mass is 16.5. The van der Waals surface area contributed by atoms with Gasteiger partial charge in [-0.15, -0.1) is 0 Å². The van der Waals surface area contributed by atoms with E-state index < -0.39 is 0 Å². The Kier molecular flexibility index (Phi) is 12.7. The zero-order chi connectivity index (χ0) is 7.70. The molecule has 0 aromatic carbocycles. The van der Waals surface area contributed by atoms with Gasteiger partial charge in [-0.1, -0.05) is 27.0 Å². The molecule has 0 aliphatic carbocycles. The molecule has 0 bridgehead atoms. The van der Waals surface area contributed by atoms with Crippen molar-refractivity contribution < 1.29 is 4.74 Å². The summed E-state index contributed by atoms with van der Waals surface area (Å²) in [4.78, 5) is 0. The topological polar surface area (TPSA) is 9.23 Å². The Bertz CT molecular complexity index is 74.6. The zero-order valence-electron chi connectivity index (χ0n) is 6.61. The van der Waals surface area contributed by atoms with E-state index in [9.17, 15) is 0 Å². The van der Waals surface area contributed by atoms with Crippen molar-refractivity contribution in [3.8, 4) is 0 Å². The lowest BCUT2D eigenvalue weighted by Gasteiger charge is -1.94. The van der Waals surface area contributed by atoms with Crippen molar-refractivity contribution in [2.45, 2.75) is 20.8 Å². The maximum absolute atomic E-state index is 4.76. The third-order valence-corrected chi connectivity index (χ3v) is 0.448. The van der Waals surface area contributed by atoms with E-state index in [1.54, 1.807) is 0 Å². The minimum atomic E-state index is 0.587. The molecule has 0 N–H and O–H groups in total. The maximum atomic E-state index is 4.76. The van der Waals surface area contributed by atoms with Crippen LogP contribution in [0.5, 0.6) is 0 Å². The first-order valence-electron chi connectivity index (χ1n) is 3.14. The molecule has 0 saturated carbocycles. The fourth-order valence-corrected chi connectivity index (χ4v) is 0.201. The second-order valence-corrected chi connectivity index (χ2v) is 1.43. The van der Waals surface area contributed by atoms with Gasteiger partial charge in [-0.25, -0.2) is 0 Å². The Morgan fingerprint density at radius 1 is 1.56 bits per heavy atom. The van der Waals surface area contributed by atoms with E-state index in [1.807, 2.05) is 20.8 Å². The molecule has 54 valence electrons. The quantitative estimate of drug-likeness (QED) is 0.419. The first kappa shape index (κ1) is 11.1. The monoisotopic (exact) mass is 128 g/mol. The van der Waals surface area contributed by atoms with Crippen molar-refractivity contribution in [3.63, 3.8) is 0 Å². The summed E-state index contributed by atoms with van der Waals surface area (Å²) in [6.45, 7) is 13.5. The number of rotatable bonds is 3. The fourth-order valence-electron chi connectivity index (χ4n) is 0.201. The van der Waals surface area contributed by atoms with Crippen LogP contribution in [0.3, 0.4) is 0 Å². The molecular formula is C8H16O. The van der Waals surface area contributed by atoms with Gasteiger partial charge in [-0.05, 0) is 12.5 Å². The van der Waals surface area contributed by atoms with Crippen LogP contribution in [-0.2, 0) is 4.74 Å². The smallest absolute Gasteiger partial charge is 0.108 e. The summed E-state index contributed by atoms with van der Waals surface area (Å²) >= 11 is 0. The van der Waals surface area contributed by atoms with Gasteiger partial charge in [0.15, 0.2) is 0 Å². The molecule has 0 heterocycles. The second kappa shape index (κ2) is 10.3. The Hall–Kier alpha value is -0.720. The molecule has 0 fully saturated rings. The highest BCUT2D eigenvalue weighted by Crippen LogP contribution is 1.85. The molecule has 0 amide bonds. The zero-order valence-corrected chi connectivity index (χ0v) is 6.61. The van der Waals surface area contributed by atoms with E-state index in [0.717, 1.165) is 5.57 Å². The van der Waals surface area contributed by atoms with Crippen LogP contribution in [0.2, 0.25) is 0 Å². The van der Waals surface area contributed by atoms with E-state index in [2.05, 4.69) is 13.2 Å². The molecule has 0 aromatic heterocycles. The maximum Gasteiger partial charge on any atom is 0.108 e. The predicted octanol–water partition coefficient (Wildman–Crippen LogP) is 2.75. The second-order valence-electron chi connectivity index (χ2n) is 1.43. The van der Waals surface area contributed by atoms with Crippen molar-refractivity contribution in [2.75, 3.05) is 6.61 Å². The van der Waals surface area contributed by atoms with Gasteiger partial charge in [0.2, 0.25) is 0 Å². The summed E-state index contributed by atoms with van der Waals surface area (Å²) in [5, 5.41) is 0. The van der Waals surface area contributed by atoms with Gasteiger partial charge in [0, 0.05) is 0 Å². The van der Waals surface area contributed by atoms with Crippen molar-refractivity contribution in [1.82, 2.24) is 0 Å². The lowest BCUT2D eigenvalue weighted by atomic mass is 10.4. The van der Waals surface area contributed by atoms with Gasteiger partial charge in [0.05, 0.1) is 6.26 Å². The summed E-state index contributed by atoms with van der Waals surface area (Å²) in [6.07, 6.45) is 1.41. The molecule has 0 atom stereocenters. The Labute approximate surface area is 58.0 Å². The average molecular weight is 128 g/mol. The highest BCUT2D eigenvalue weighted by Gasteiger charge is 1.77. The van der Waals surface area contributed by atoms with E-state index in [0.29, 0.717) is 6.61 Å². The van der Waals surface area contributed by atoms with Crippen LogP contribution in [0.4, 0.5) is 0 Å². The third-order valence-electron chi connectivity index (χ3n) is 0.448. The number of hydrogen-bond acceptors (Lipinski definition) is 1. The number of ether oxygens (including phenoxy) is 1. The number of hydrogen-bond donors (Lipinski definition) is 0. The van der Waals surface area contributed by atoms with Crippen LogP contribution in [0.1, 0.15) is 20.8 Å². The molecule has 0 spiro atoms. The minimum Gasteiger partial charge on any atom is -0.498 e. The van der Waals surface area contributed by atoms with Gasteiger partial charge in [0.1, 0.15) is 6.61 Å². The Balaban J connectivity index is 0. The van der Waals surface area contributed by atoms with Crippen LogP contribution in [0.25, 0.3) is 0 Å². The van der Waals surface area contributed by atoms with Crippen molar-refractivity contribution in [2.24, 2.45) is 0 Å². The largest absolute Gasteiger partial charge is 0.498 e. The first-order chi connectivity index (χ1) is 4.27. The van der Waals surface area contributed by atoms with E-state index in [-0.39, 0.29) is 0 Å². The lowest BCUT2D eigenvalue weighted by Crippen LogP contribution is -1.84. The molecular weight excluding hydrogens is 112 g/mol. The molecule has 0 aromatic rings. The molecule has 0 unspecified atom stereocenters. The van der Waals surface area contributed by atoms with Gasteiger partial charge >= 0.3 is 0 Å². The highest BCUT2D eigenvalue weighted by molar-refractivity contribution is 4.87. The molecule has 0 rings (SSSR count). The van der Waals surface area contributed by atoms with Crippen LogP contribution >= 0.6 is 0 Å². The molecule has 0 aliphatic heterocycles. The van der Waals surface area contributed by atoms with E-state index in [1.165, 1.54) is 6.26 Å². The van der Waals surface area contributed by atoms with Crippen molar-refractivity contribution >= 4 is 0 Å². The van der Waals surface area contributed by atoms with E-state index >= 15 is 0 Å². The molecule has 0 radical (unpaired) electrons. The average Bonchev–Trinajstić information content (AvgIpc) is 1.88. The van der Waals surface area contributed by atoms with Crippen LogP contribution in [0.15, 0.2) is 25.0 Å². The van der Waals surface area contributed by atoms with Crippen LogP contribution < -0.4 is 0 Å². The summed E-state index contributed by atoms with van der Waals surface area (Å²) < 4.78 is 4.76. The molecule has 1 heteroatoms. The minimum absolute atomic E-state index is 0.587. The van der Waals surface area contributed by atoms with Gasteiger partial charge in [-0.3, -0.25) is 0 Å². The molecule has 9 heavy (non-hydrogen) atoms. The van der Waals surface area contributed by atoms with Gasteiger partial charge < -0.3 is 4.74 Å². The van der Waals surface area contributed by atoms with Gasteiger partial charge in [0.25, 0.3) is 0 Å². The van der Waals surface area contributed by atoms with E-state index in [4.69, 9.17) is 4.74 Å². The van der Waals surface area contributed by atoms with Gasteiger partial charge in [-0.2, -0.15) is 0 Å². The Morgan fingerprint density at radius 2 is 2.00 bits per heavy atom. The van der Waals surface area contributed by atoms with Crippen molar-refractivity contribution in [3.05, 3.63) is 25.0 Å². The van der Waals surface area contributed by atoms with Crippen LogP contribution in [0, 0.1) is 0 Å². The van der Waals surface area contributed by atoms with Crippen molar-refractivity contribution in [1.29, 1.82) is 0 Å². The molecule has 1 nitrogen and oxygen atoms in total. The lowest BCUT2D eigenvalue weighted by molar-refractivity contribution is 0.282. The predicted molar refractivity (Wildman–Crippen MR) is 42.3 cm³/mol. The normalized spacial score (nSPS) is 6.56. The molecule has 0 saturated heterocycles. The summed E-state index contributed by atoms with van der Waals surface area (Å²) in [7, 11) is 0. The first-order valence-corrected chi connectivity index (χ1v) is 3.14. The summed E-state index contributed by atoms with van der Waals surface area (Å²) in [5.74, 6) is 0. The SMILES string of the molecule is C=COCC(=C)C.CC. The summed E-state index contributed by atoms with van der Waals surface area (Å²) in [6, 6.07) is 0. The molecule has 0 aliphatic rings. The fraction of sp³-hybridized carbons (Fsp3) is 0.500.